The van der Waals surface area contributed by atoms with Gasteiger partial charge in [-0.1, -0.05) is 103 Å². The van der Waals surface area contributed by atoms with E-state index in [1.54, 1.807) is 7.11 Å². The summed E-state index contributed by atoms with van der Waals surface area (Å²) in [7, 11) is 1.63. The molecular weight excluding hydrogens is 514 g/mol. The van der Waals surface area contributed by atoms with E-state index >= 15 is 0 Å². The summed E-state index contributed by atoms with van der Waals surface area (Å²) in [6.07, 6.45) is -1.02. The van der Waals surface area contributed by atoms with Crippen LogP contribution in [0, 0.1) is 11.8 Å². The Morgan fingerprint density at radius 3 is 1.71 bits per heavy atom. The van der Waals surface area contributed by atoms with Crippen molar-refractivity contribution in [2.75, 3.05) is 13.7 Å². The third-order valence-electron chi connectivity index (χ3n) is 7.06. The average molecular weight is 550 g/mol. The van der Waals surface area contributed by atoms with Gasteiger partial charge in [0.2, 0.25) is 0 Å². The molecule has 1 fully saturated rings. The number of methoxy groups -OCH3 is 1. The number of hydrogen-bond acceptors (Lipinski definition) is 6. The van der Waals surface area contributed by atoms with E-state index in [0.717, 1.165) is 28.0 Å². The van der Waals surface area contributed by atoms with Crippen LogP contribution in [0.1, 0.15) is 22.3 Å². The molecule has 4 atom stereocenters. The molecular formula is C35H35NO5. The third-order valence-corrected chi connectivity index (χ3v) is 7.06. The lowest BCUT2D eigenvalue weighted by Gasteiger charge is -2.25. The highest BCUT2D eigenvalue weighted by molar-refractivity contribution is 5.39. The Balaban J connectivity index is 1.40. The van der Waals surface area contributed by atoms with E-state index < -0.39 is 24.3 Å². The zero-order valence-electron chi connectivity index (χ0n) is 23.1. The monoisotopic (exact) mass is 549 g/mol. The van der Waals surface area contributed by atoms with Crippen molar-refractivity contribution in [2.24, 2.45) is 0 Å². The van der Waals surface area contributed by atoms with Crippen molar-refractivity contribution in [3.05, 3.63) is 138 Å². The molecule has 0 unspecified atom stereocenters. The number of hydrogen-bond donors (Lipinski definition) is 1. The number of hydroxylamine groups is 2. The van der Waals surface area contributed by atoms with Crippen molar-refractivity contribution in [3.63, 3.8) is 0 Å². The SMILES string of the molecule is COc1ccc(C#C[C@H]2[C@H](OCc3ccccc3)[C@@H](OCc3ccccc3)[C@H](COCc3ccccc3)N2O)cc1. The van der Waals surface area contributed by atoms with E-state index in [-0.39, 0.29) is 6.61 Å². The van der Waals surface area contributed by atoms with Gasteiger partial charge >= 0.3 is 0 Å². The molecule has 0 saturated carbocycles. The molecule has 41 heavy (non-hydrogen) atoms. The van der Waals surface area contributed by atoms with E-state index in [4.69, 9.17) is 18.9 Å². The lowest BCUT2D eigenvalue weighted by atomic mass is 10.1. The van der Waals surface area contributed by atoms with Crippen LogP contribution in [-0.2, 0) is 34.0 Å². The zero-order valence-corrected chi connectivity index (χ0v) is 23.1. The van der Waals surface area contributed by atoms with Gasteiger partial charge in [0.1, 0.15) is 24.0 Å². The highest BCUT2D eigenvalue weighted by Crippen LogP contribution is 2.30. The van der Waals surface area contributed by atoms with E-state index in [1.165, 1.54) is 5.06 Å². The molecule has 6 nitrogen and oxygen atoms in total. The normalized spacial score (nSPS) is 20.3. The largest absolute Gasteiger partial charge is 0.497 e. The number of rotatable bonds is 11. The molecule has 0 aliphatic carbocycles. The second kappa shape index (κ2) is 14.6. The summed E-state index contributed by atoms with van der Waals surface area (Å²) < 4.78 is 24.4. The van der Waals surface area contributed by atoms with E-state index in [9.17, 15) is 5.21 Å². The fourth-order valence-corrected chi connectivity index (χ4v) is 4.85. The Bertz CT molecular complexity index is 1390. The van der Waals surface area contributed by atoms with Gasteiger partial charge in [0.05, 0.1) is 39.6 Å². The fraction of sp³-hybridized carbons (Fsp3) is 0.257. The van der Waals surface area contributed by atoms with Crippen LogP contribution in [0.5, 0.6) is 5.75 Å². The van der Waals surface area contributed by atoms with E-state index in [2.05, 4.69) is 11.8 Å². The molecule has 0 spiro atoms. The van der Waals surface area contributed by atoms with Crippen LogP contribution in [-0.4, -0.2) is 48.3 Å². The molecule has 1 N–H and O–H groups in total. The van der Waals surface area contributed by atoms with Gasteiger partial charge in [-0.25, -0.2) is 0 Å². The molecule has 1 aliphatic rings. The Morgan fingerprint density at radius 1 is 0.659 bits per heavy atom. The quantitative estimate of drug-likeness (QED) is 0.236. The molecule has 6 heteroatoms. The molecule has 1 heterocycles. The average Bonchev–Trinajstić information content (AvgIpc) is 3.28. The van der Waals surface area contributed by atoms with Gasteiger partial charge in [0.25, 0.3) is 0 Å². The first kappa shape index (κ1) is 28.6. The summed E-state index contributed by atoms with van der Waals surface area (Å²) in [5.41, 5.74) is 3.94. The summed E-state index contributed by atoms with van der Waals surface area (Å²) in [5.74, 6) is 7.23. The maximum absolute atomic E-state index is 11.5. The van der Waals surface area contributed by atoms with Gasteiger partial charge in [-0.05, 0) is 41.0 Å². The molecule has 4 aromatic rings. The van der Waals surface area contributed by atoms with Crippen LogP contribution in [0.2, 0.25) is 0 Å². The highest BCUT2D eigenvalue weighted by atomic mass is 16.6. The van der Waals surface area contributed by atoms with Crippen LogP contribution in [0.3, 0.4) is 0 Å². The molecule has 4 aromatic carbocycles. The Morgan fingerprint density at radius 2 is 1.17 bits per heavy atom. The van der Waals surface area contributed by atoms with Crippen molar-refractivity contribution in [2.45, 2.75) is 44.1 Å². The van der Waals surface area contributed by atoms with Crippen molar-refractivity contribution >= 4 is 0 Å². The van der Waals surface area contributed by atoms with E-state index in [1.807, 2.05) is 115 Å². The first-order valence-electron chi connectivity index (χ1n) is 13.8. The molecule has 210 valence electrons. The smallest absolute Gasteiger partial charge is 0.125 e. The summed E-state index contributed by atoms with van der Waals surface area (Å²) in [6.45, 7) is 1.41. The minimum atomic E-state index is -0.632. The van der Waals surface area contributed by atoms with Crippen LogP contribution in [0.25, 0.3) is 0 Å². The van der Waals surface area contributed by atoms with Crippen LogP contribution in [0.4, 0.5) is 0 Å². The predicted octanol–water partition coefficient (Wildman–Crippen LogP) is 5.88. The van der Waals surface area contributed by atoms with Gasteiger partial charge in [0, 0.05) is 5.56 Å². The fourth-order valence-electron chi connectivity index (χ4n) is 4.85. The predicted molar refractivity (Wildman–Crippen MR) is 157 cm³/mol. The summed E-state index contributed by atoms with van der Waals surface area (Å²) in [4.78, 5) is 0. The number of nitrogens with zero attached hydrogens (tertiary/aromatic N) is 1. The van der Waals surface area contributed by atoms with Crippen molar-refractivity contribution in [3.8, 4) is 17.6 Å². The lowest BCUT2D eigenvalue weighted by molar-refractivity contribution is -0.155. The second-order valence-electron chi connectivity index (χ2n) is 9.91. The lowest BCUT2D eigenvalue weighted by Crippen LogP contribution is -2.40. The minimum Gasteiger partial charge on any atom is -0.497 e. The summed E-state index contributed by atoms with van der Waals surface area (Å²) >= 11 is 0. The van der Waals surface area contributed by atoms with Gasteiger partial charge in [-0.2, -0.15) is 5.06 Å². The number of ether oxygens (including phenoxy) is 4. The maximum Gasteiger partial charge on any atom is 0.125 e. The minimum absolute atomic E-state index is 0.247. The van der Waals surface area contributed by atoms with Crippen molar-refractivity contribution in [1.29, 1.82) is 0 Å². The summed E-state index contributed by atoms with van der Waals surface area (Å²) in [5, 5.41) is 12.8. The molecule has 5 rings (SSSR count). The summed E-state index contributed by atoms with van der Waals surface area (Å²) in [6, 6.07) is 36.3. The second-order valence-corrected chi connectivity index (χ2v) is 9.91. The van der Waals surface area contributed by atoms with Gasteiger partial charge in [-0.15, -0.1) is 0 Å². The molecule has 0 amide bonds. The molecule has 1 aliphatic heterocycles. The van der Waals surface area contributed by atoms with Gasteiger partial charge < -0.3 is 24.2 Å². The van der Waals surface area contributed by atoms with Crippen LogP contribution >= 0.6 is 0 Å². The third kappa shape index (κ3) is 7.83. The first-order chi connectivity index (χ1) is 20.2. The van der Waals surface area contributed by atoms with Crippen molar-refractivity contribution < 1.29 is 24.2 Å². The Labute approximate surface area is 242 Å². The van der Waals surface area contributed by atoms with Crippen molar-refractivity contribution in [1.82, 2.24) is 5.06 Å². The first-order valence-corrected chi connectivity index (χ1v) is 13.8. The number of benzene rings is 4. The molecule has 0 radical (unpaired) electrons. The zero-order chi connectivity index (χ0) is 28.3. The van der Waals surface area contributed by atoms with Gasteiger partial charge in [-0.3, -0.25) is 0 Å². The van der Waals surface area contributed by atoms with E-state index in [0.29, 0.717) is 19.8 Å². The molecule has 1 saturated heterocycles. The standard InChI is InChI=1S/C35H35NO5/c1-38-31-20-17-27(18-21-31)19-22-32-34(40-24-29-13-7-3-8-14-29)35(41-25-30-15-9-4-10-16-30)33(36(32)37)26-39-23-28-11-5-2-6-12-28/h2-18,20-21,32-35,37H,23-26H2,1H3/t32-,33-,34-,35-/m0/s1. The Kier molecular flexibility index (Phi) is 10.2. The Hall–Kier alpha value is -3.96. The van der Waals surface area contributed by atoms with Gasteiger partial charge in [0.15, 0.2) is 0 Å². The highest BCUT2D eigenvalue weighted by Gasteiger charge is 2.50. The topological polar surface area (TPSA) is 60.4 Å². The maximum atomic E-state index is 11.5. The molecule has 0 bridgehead atoms. The van der Waals surface area contributed by atoms with Crippen LogP contribution < -0.4 is 4.74 Å². The van der Waals surface area contributed by atoms with Crippen LogP contribution in [0.15, 0.2) is 115 Å². The molecule has 0 aromatic heterocycles.